The number of ether oxygens (including phenoxy) is 2. The highest BCUT2D eigenvalue weighted by molar-refractivity contribution is 5.78. The highest BCUT2D eigenvalue weighted by atomic mass is 16.5. The third kappa shape index (κ3) is 7.80. The van der Waals surface area contributed by atoms with Crippen LogP contribution in [0, 0.1) is 0 Å². The van der Waals surface area contributed by atoms with Gasteiger partial charge in [-0.15, -0.1) is 0 Å². The Hall–Kier alpha value is -1.86. The number of likely N-dealkylation sites (N-methyl/N-ethyl adjacent to an activating group) is 1. The van der Waals surface area contributed by atoms with Crippen LogP contribution in [0.3, 0.4) is 0 Å². The van der Waals surface area contributed by atoms with Crippen LogP contribution in [0.25, 0.3) is 0 Å². The Morgan fingerprint density at radius 1 is 1.50 bits per heavy atom. The molecule has 1 atom stereocenters. The zero-order valence-electron chi connectivity index (χ0n) is 13.9. The molecule has 1 rings (SSSR count). The van der Waals surface area contributed by atoms with Crippen LogP contribution in [-0.4, -0.2) is 62.8 Å². The van der Waals surface area contributed by atoms with Gasteiger partial charge in [-0.25, -0.2) is 9.98 Å². The molecule has 1 aromatic rings. The maximum Gasteiger partial charge on any atom is 0.213 e. The number of aliphatic imine (C=N–C) groups is 1. The molecule has 3 N–H and O–H groups in total. The molecule has 7 nitrogen and oxygen atoms in total. The molecular weight excluding hydrogens is 282 g/mol. The SMILES string of the molecule is COCC(C)NC(N)=NCc1ccnc(OCCN(C)C)c1. The van der Waals surface area contributed by atoms with Crippen molar-refractivity contribution in [3.05, 3.63) is 23.9 Å². The highest BCUT2D eigenvalue weighted by Gasteiger charge is 2.02. The topological polar surface area (TPSA) is 85.0 Å². The lowest BCUT2D eigenvalue weighted by molar-refractivity contribution is 0.179. The van der Waals surface area contributed by atoms with E-state index in [1.165, 1.54) is 0 Å². The minimum Gasteiger partial charge on any atom is -0.476 e. The molecule has 7 heteroatoms. The number of nitrogens with zero attached hydrogens (tertiary/aromatic N) is 3. The lowest BCUT2D eigenvalue weighted by Crippen LogP contribution is -2.40. The largest absolute Gasteiger partial charge is 0.476 e. The van der Waals surface area contributed by atoms with Crippen molar-refractivity contribution in [1.29, 1.82) is 0 Å². The second kappa shape index (κ2) is 9.97. The van der Waals surface area contributed by atoms with E-state index in [1.54, 1.807) is 13.3 Å². The third-order valence-corrected chi connectivity index (χ3v) is 2.83. The van der Waals surface area contributed by atoms with E-state index in [0.717, 1.165) is 12.1 Å². The first-order valence-corrected chi connectivity index (χ1v) is 7.29. The van der Waals surface area contributed by atoms with Crippen LogP contribution in [0.1, 0.15) is 12.5 Å². The number of nitrogens with two attached hydrogens (primary N) is 1. The molecule has 0 amide bonds. The molecule has 0 aromatic carbocycles. The van der Waals surface area contributed by atoms with Gasteiger partial charge in [-0.05, 0) is 32.6 Å². The van der Waals surface area contributed by atoms with E-state index in [9.17, 15) is 0 Å². The standard InChI is InChI=1S/C15H27N5O2/c1-12(11-21-4)19-15(16)18-10-13-5-6-17-14(9-13)22-8-7-20(2)3/h5-6,9,12H,7-8,10-11H2,1-4H3,(H3,16,18,19). The van der Waals surface area contributed by atoms with Crippen LogP contribution in [0.15, 0.2) is 23.3 Å². The average Bonchev–Trinajstić information content (AvgIpc) is 2.45. The average molecular weight is 309 g/mol. The lowest BCUT2D eigenvalue weighted by atomic mass is 10.3. The Morgan fingerprint density at radius 3 is 2.95 bits per heavy atom. The Bertz CT molecular complexity index is 465. The van der Waals surface area contributed by atoms with Crippen LogP contribution in [0.4, 0.5) is 0 Å². The summed E-state index contributed by atoms with van der Waals surface area (Å²) in [5, 5.41) is 3.06. The molecule has 0 spiro atoms. The van der Waals surface area contributed by atoms with Gasteiger partial charge in [0, 0.05) is 32.0 Å². The first-order valence-electron chi connectivity index (χ1n) is 7.29. The van der Waals surface area contributed by atoms with Gasteiger partial charge in [0.05, 0.1) is 13.2 Å². The van der Waals surface area contributed by atoms with E-state index < -0.39 is 0 Å². The Morgan fingerprint density at radius 2 is 2.27 bits per heavy atom. The number of pyridine rings is 1. The van der Waals surface area contributed by atoms with E-state index in [1.807, 2.05) is 33.2 Å². The van der Waals surface area contributed by atoms with Gasteiger partial charge in [0.15, 0.2) is 5.96 Å². The molecule has 0 aliphatic carbocycles. The summed E-state index contributed by atoms with van der Waals surface area (Å²) < 4.78 is 10.6. The summed E-state index contributed by atoms with van der Waals surface area (Å²) in [4.78, 5) is 10.5. The van der Waals surface area contributed by atoms with Gasteiger partial charge in [0.2, 0.25) is 5.88 Å². The Balaban J connectivity index is 2.48. The minimum absolute atomic E-state index is 0.121. The first kappa shape index (κ1) is 18.2. The molecule has 0 aliphatic heterocycles. The summed E-state index contributed by atoms with van der Waals surface area (Å²) in [5.74, 6) is 1.00. The number of nitrogens with one attached hydrogen (secondary N) is 1. The second-order valence-electron chi connectivity index (χ2n) is 5.36. The zero-order chi connectivity index (χ0) is 16.4. The highest BCUT2D eigenvalue weighted by Crippen LogP contribution is 2.10. The van der Waals surface area contributed by atoms with Crippen molar-refractivity contribution in [3.8, 4) is 5.88 Å². The van der Waals surface area contributed by atoms with Crippen molar-refractivity contribution in [2.24, 2.45) is 10.7 Å². The normalized spacial score (nSPS) is 13.2. The van der Waals surface area contributed by atoms with E-state index in [4.69, 9.17) is 15.2 Å². The van der Waals surface area contributed by atoms with Crippen LogP contribution in [-0.2, 0) is 11.3 Å². The first-order chi connectivity index (χ1) is 10.5. The fraction of sp³-hybridized carbons (Fsp3) is 0.600. The molecule has 0 fully saturated rings. The molecule has 1 heterocycles. The quantitative estimate of drug-likeness (QED) is 0.509. The lowest BCUT2D eigenvalue weighted by Gasteiger charge is -2.13. The molecule has 1 aromatic heterocycles. The van der Waals surface area contributed by atoms with E-state index in [2.05, 4.69) is 20.2 Å². The smallest absolute Gasteiger partial charge is 0.213 e. The van der Waals surface area contributed by atoms with Gasteiger partial charge in [0.25, 0.3) is 0 Å². The van der Waals surface area contributed by atoms with Crippen molar-refractivity contribution < 1.29 is 9.47 Å². The minimum atomic E-state index is 0.121. The third-order valence-electron chi connectivity index (χ3n) is 2.83. The summed E-state index contributed by atoms with van der Waals surface area (Å²) >= 11 is 0. The van der Waals surface area contributed by atoms with Gasteiger partial charge in [-0.1, -0.05) is 0 Å². The van der Waals surface area contributed by atoms with Crippen molar-refractivity contribution in [3.63, 3.8) is 0 Å². The van der Waals surface area contributed by atoms with Crippen molar-refractivity contribution in [1.82, 2.24) is 15.2 Å². The maximum atomic E-state index is 5.84. The molecule has 22 heavy (non-hydrogen) atoms. The summed E-state index contributed by atoms with van der Waals surface area (Å²) in [6.07, 6.45) is 1.72. The summed E-state index contributed by atoms with van der Waals surface area (Å²) in [6, 6.07) is 3.90. The molecule has 0 saturated heterocycles. The van der Waals surface area contributed by atoms with Crippen LogP contribution in [0.2, 0.25) is 0 Å². The Labute approximate surface area is 132 Å². The number of aromatic nitrogens is 1. The van der Waals surface area contributed by atoms with Crippen LogP contribution < -0.4 is 15.8 Å². The molecular formula is C15H27N5O2. The molecule has 0 bridgehead atoms. The summed E-state index contributed by atoms with van der Waals surface area (Å²) in [5.41, 5.74) is 6.83. The number of hydrogen-bond donors (Lipinski definition) is 2. The summed E-state index contributed by atoms with van der Waals surface area (Å²) in [6.45, 7) is 4.48. The van der Waals surface area contributed by atoms with Gasteiger partial charge in [0.1, 0.15) is 6.61 Å². The molecule has 0 aliphatic rings. The number of hydrogen-bond acceptors (Lipinski definition) is 5. The van der Waals surface area contributed by atoms with Crippen molar-refractivity contribution >= 4 is 5.96 Å². The van der Waals surface area contributed by atoms with Crippen molar-refractivity contribution in [2.45, 2.75) is 19.5 Å². The predicted molar refractivity (Wildman–Crippen MR) is 88.1 cm³/mol. The fourth-order valence-electron chi connectivity index (χ4n) is 1.73. The number of rotatable bonds is 9. The monoisotopic (exact) mass is 309 g/mol. The second-order valence-corrected chi connectivity index (χ2v) is 5.36. The van der Waals surface area contributed by atoms with Crippen LogP contribution in [0.5, 0.6) is 5.88 Å². The van der Waals surface area contributed by atoms with Crippen LogP contribution >= 0.6 is 0 Å². The van der Waals surface area contributed by atoms with Gasteiger partial charge in [-0.3, -0.25) is 0 Å². The summed E-state index contributed by atoms with van der Waals surface area (Å²) in [7, 11) is 5.66. The zero-order valence-corrected chi connectivity index (χ0v) is 13.9. The molecule has 1 unspecified atom stereocenters. The van der Waals surface area contributed by atoms with E-state index in [0.29, 0.717) is 31.6 Å². The predicted octanol–water partition coefficient (Wildman–Crippen LogP) is 0.461. The van der Waals surface area contributed by atoms with Crippen molar-refractivity contribution in [2.75, 3.05) is 41.0 Å². The number of guanidine groups is 1. The van der Waals surface area contributed by atoms with E-state index in [-0.39, 0.29) is 6.04 Å². The maximum absolute atomic E-state index is 5.84. The molecule has 0 radical (unpaired) electrons. The fourth-order valence-corrected chi connectivity index (χ4v) is 1.73. The number of methoxy groups -OCH3 is 1. The molecule has 0 saturated carbocycles. The molecule has 124 valence electrons. The van der Waals surface area contributed by atoms with Gasteiger partial charge < -0.3 is 25.4 Å². The van der Waals surface area contributed by atoms with Gasteiger partial charge >= 0.3 is 0 Å². The van der Waals surface area contributed by atoms with E-state index >= 15 is 0 Å². The Kier molecular flexibility index (Phi) is 8.24. The van der Waals surface area contributed by atoms with Gasteiger partial charge in [-0.2, -0.15) is 0 Å².